The van der Waals surface area contributed by atoms with Crippen LogP contribution in [0, 0.1) is 6.92 Å². The number of nitrogens with one attached hydrogen (secondary N) is 1. The van der Waals surface area contributed by atoms with Crippen molar-refractivity contribution in [3.63, 3.8) is 0 Å². The number of benzene rings is 1. The lowest BCUT2D eigenvalue weighted by molar-refractivity contribution is 1.30. The Morgan fingerprint density at radius 2 is 2.36 bits per heavy atom. The Bertz CT molecular complexity index is 287. The Morgan fingerprint density at radius 3 is 3.09 bits per heavy atom. The predicted molar refractivity (Wildman–Crippen MR) is 50.3 cm³/mol. The summed E-state index contributed by atoms with van der Waals surface area (Å²) in [7, 11) is 0. The normalized spacial score (nSPS) is 21.1. The van der Waals surface area contributed by atoms with Gasteiger partial charge in [0.15, 0.2) is 4.83 Å². The topological polar surface area (TPSA) is 12.0 Å². The summed E-state index contributed by atoms with van der Waals surface area (Å²) in [5.74, 6) is 0. The van der Waals surface area contributed by atoms with Crippen molar-refractivity contribution in [2.75, 3.05) is 5.32 Å². The van der Waals surface area contributed by atoms with E-state index in [9.17, 15) is 0 Å². The Hall–Kier alpha value is -0.340. The Labute approximate surface area is 75.1 Å². The summed E-state index contributed by atoms with van der Waals surface area (Å²) in [6.07, 6.45) is 0. The van der Waals surface area contributed by atoms with E-state index in [0.29, 0.717) is 0 Å². The summed E-state index contributed by atoms with van der Waals surface area (Å²) in [4.78, 5) is 1.29. The molecule has 1 N–H and O–H groups in total. The van der Waals surface area contributed by atoms with E-state index in [1.807, 2.05) is 6.07 Å². The average molecular weight is 186 g/mol. The van der Waals surface area contributed by atoms with Gasteiger partial charge in [-0.1, -0.05) is 35.5 Å². The van der Waals surface area contributed by atoms with E-state index in [1.165, 1.54) is 10.5 Å². The molecular weight excluding hydrogens is 178 g/mol. The van der Waals surface area contributed by atoms with Crippen molar-refractivity contribution in [1.29, 1.82) is 0 Å². The number of anilines is 1. The average Bonchev–Trinajstić information content (AvgIpc) is 2.31. The number of fused-ring (bicyclic) bond motifs is 1. The molecule has 1 unspecified atom stereocenters. The summed E-state index contributed by atoms with van der Waals surface area (Å²) in [5, 5.41) is 3.17. The first-order valence-electron chi connectivity index (χ1n) is 3.44. The van der Waals surface area contributed by atoms with E-state index in [0.717, 1.165) is 5.69 Å². The van der Waals surface area contributed by atoms with E-state index in [1.54, 1.807) is 11.8 Å². The van der Waals surface area contributed by atoms with Crippen LogP contribution in [-0.2, 0) is 0 Å². The van der Waals surface area contributed by atoms with Crippen molar-refractivity contribution < 1.29 is 0 Å². The van der Waals surface area contributed by atoms with Crippen LogP contribution in [0.25, 0.3) is 0 Å². The number of rotatable bonds is 0. The van der Waals surface area contributed by atoms with Crippen LogP contribution in [0.2, 0.25) is 0 Å². The van der Waals surface area contributed by atoms with E-state index in [2.05, 4.69) is 24.4 Å². The quantitative estimate of drug-likeness (QED) is 0.493. The van der Waals surface area contributed by atoms with Gasteiger partial charge in [0.05, 0.1) is 0 Å². The molecule has 0 spiro atoms. The van der Waals surface area contributed by atoms with Crippen LogP contribution in [0.4, 0.5) is 5.69 Å². The third-order valence-electron chi connectivity index (χ3n) is 1.70. The molecule has 2 rings (SSSR count). The number of aryl methyl sites for hydroxylation is 1. The summed E-state index contributed by atoms with van der Waals surface area (Å²) >= 11 is 7.57. The first-order valence-corrected chi connectivity index (χ1v) is 4.76. The summed E-state index contributed by atoms with van der Waals surface area (Å²) < 4.78 is 0. The molecule has 1 aliphatic rings. The molecular formula is C8H8ClNS. The number of hydrogen-bond donors (Lipinski definition) is 1. The first kappa shape index (κ1) is 7.32. The van der Waals surface area contributed by atoms with Crippen LogP contribution >= 0.6 is 23.4 Å². The molecule has 0 fully saturated rings. The first-order chi connectivity index (χ1) is 5.27. The van der Waals surface area contributed by atoms with Gasteiger partial charge in [0.2, 0.25) is 0 Å². The molecule has 0 radical (unpaired) electrons. The lowest BCUT2D eigenvalue weighted by Crippen LogP contribution is -1.98. The van der Waals surface area contributed by atoms with Gasteiger partial charge in [-0.3, -0.25) is 0 Å². The highest BCUT2D eigenvalue weighted by Crippen LogP contribution is 2.41. The summed E-state index contributed by atoms with van der Waals surface area (Å²) in [5.41, 5.74) is 2.46. The molecule has 1 aliphatic heterocycles. The summed E-state index contributed by atoms with van der Waals surface area (Å²) in [6.45, 7) is 2.10. The van der Waals surface area contributed by atoms with E-state index in [4.69, 9.17) is 11.6 Å². The predicted octanol–water partition coefficient (Wildman–Crippen LogP) is 3.04. The van der Waals surface area contributed by atoms with Crippen molar-refractivity contribution in [2.45, 2.75) is 16.7 Å². The zero-order valence-electron chi connectivity index (χ0n) is 6.10. The van der Waals surface area contributed by atoms with Crippen LogP contribution in [0.5, 0.6) is 0 Å². The van der Waals surface area contributed by atoms with E-state index in [-0.39, 0.29) is 4.83 Å². The van der Waals surface area contributed by atoms with Crippen LogP contribution in [0.3, 0.4) is 0 Å². The molecule has 11 heavy (non-hydrogen) atoms. The second-order valence-corrected chi connectivity index (χ2v) is 4.34. The molecule has 0 bridgehead atoms. The van der Waals surface area contributed by atoms with Gasteiger partial charge < -0.3 is 5.32 Å². The van der Waals surface area contributed by atoms with Crippen molar-refractivity contribution in [2.24, 2.45) is 0 Å². The highest BCUT2D eigenvalue weighted by molar-refractivity contribution is 8.01. The van der Waals surface area contributed by atoms with Gasteiger partial charge in [0.25, 0.3) is 0 Å². The minimum absolute atomic E-state index is 0.00565. The Balaban J connectivity index is 2.49. The number of hydrogen-bond acceptors (Lipinski definition) is 2. The van der Waals surface area contributed by atoms with E-state index < -0.39 is 0 Å². The zero-order valence-corrected chi connectivity index (χ0v) is 7.67. The molecule has 1 aromatic rings. The molecule has 0 saturated carbocycles. The number of alkyl halides is 1. The van der Waals surface area contributed by atoms with Crippen LogP contribution in [-0.4, -0.2) is 4.83 Å². The van der Waals surface area contributed by atoms with Gasteiger partial charge >= 0.3 is 0 Å². The number of thioether (sulfide) groups is 1. The maximum Gasteiger partial charge on any atom is 0.153 e. The van der Waals surface area contributed by atoms with Crippen molar-refractivity contribution >= 4 is 29.1 Å². The molecule has 1 aromatic carbocycles. The highest BCUT2D eigenvalue weighted by atomic mass is 35.5. The van der Waals surface area contributed by atoms with Gasteiger partial charge in [0, 0.05) is 10.6 Å². The minimum atomic E-state index is 0.00565. The van der Waals surface area contributed by atoms with E-state index >= 15 is 0 Å². The molecule has 0 aliphatic carbocycles. The maximum absolute atomic E-state index is 5.90. The summed E-state index contributed by atoms with van der Waals surface area (Å²) in [6, 6.07) is 6.19. The molecule has 0 aromatic heterocycles. The third kappa shape index (κ3) is 1.21. The standard InChI is InChI=1S/C8H8ClNS/c1-5-3-2-4-6-7(5)11-8(9)10-6/h2-4,8,10H,1H3. The molecule has 3 heteroatoms. The van der Waals surface area contributed by atoms with Crippen molar-refractivity contribution in [3.05, 3.63) is 23.8 Å². The monoisotopic (exact) mass is 185 g/mol. The fourth-order valence-electron chi connectivity index (χ4n) is 1.18. The fourth-order valence-corrected chi connectivity index (χ4v) is 2.46. The largest absolute Gasteiger partial charge is 0.360 e. The second-order valence-electron chi connectivity index (χ2n) is 2.53. The molecule has 1 heterocycles. The van der Waals surface area contributed by atoms with Gasteiger partial charge in [-0.2, -0.15) is 0 Å². The van der Waals surface area contributed by atoms with Crippen LogP contribution < -0.4 is 5.32 Å². The molecule has 0 saturated heterocycles. The second kappa shape index (κ2) is 2.61. The lowest BCUT2D eigenvalue weighted by Gasteiger charge is -1.99. The lowest BCUT2D eigenvalue weighted by atomic mass is 10.2. The SMILES string of the molecule is Cc1cccc2c1SC(Cl)N2. The maximum atomic E-state index is 5.90. The number of halogens is 1. The van der Waals surface area contributed by atoms with Gasteiger partial charge in [-0.15, -0.1) is 0 Å². The molecule has 1 atom stereocenters. The smallest absolute Gasteiger partial charge is 0.153 e. The van der Waals surface area contributed by atoms with Crippen LogP contribution in [0.15, 0.2) is 23.1 Å². The van der Waals surface area contributed by atoms with Crippen molar-refractivity contribution in [3.8, 4) is 0 Å². The Morgan fingerprint density at radius 1 is 1.55 bits per heavy atom. The molecule has 1 nitrogen and oxygen atoms in total. The zero-order chi connectivity index (χ0) is 7.84. The fraction of sp³-hybridized carbons (Fsp3) is 0.250. The molecule has 0 amide bonds. The van der Waals surface area contributed by atoms with Crippen LogP contribution in [0.1, 0.15) is 5.56 Å². The van der Waals surface area contributed by atoms with Gasteiger partial charge in [-0.25, -0.2) is 0 Å². The third-order valence-corrected chi connectivity index (χ3v) is 3.18. The van der Waals surface area contributed by atoms with Gasteiger partial charge in [-0.05, 0) is 18.6 Å². The Kier molecular flexibility index (Phi) is 1.74. The highest BCUT2D eigenvalue weighted by Gasteiger charge is 2.19. The van der Waals surface area contributed by atoms with Gasteiger partial charge in [0.1, 0.15) is 0 Å². The van der Waals surface area contributed by atoms with Crippen molar-refractivity contribution in [1.82, 2.24) is 0 Å². The minimum Gasteiger partial charge on any atom is -0.360 e. The molecule has 58 valence electrons.